The molecule has 34 heavy (non-hydrogen) atoms. The van der Waals surface area contributed by atoms with Crippen molar-refractivity contribution < 1.29 is 4.74 Å². The molecule has 6 bridgehead atoms. The van der Waals surface area contributed by atoms with E-state index in [2.05, 4.69) is 53.8 Å². The van der Waals surface area contributed by atoms with Gasteiger partial charge in [-0.3, -0.25) is 4.90 Å². The van der Waals surface area contributed by atoms with Crippen LogP contribution in [0.4, 0.5) is 0 Å². The molecule has 3 heterocycles. The second-order valence-corrected chi connectivity index (χ2v) is 8.66. The normalized spacial score (nSPS) is 20.1. The fraction of sp³-hybridized carbons (Fsp3) is 0.143. The Morgan fingerprint density at radius 1 is 1.06 bits per heavy atom. The van der Waals surface area contributed by atoms with Gasteiger partial charge in [-0.15, -0.1) is 0 Å². The van der Waals surface area contributed by atoms with E-state index in [0.29, 0.717) is 12.5 Å². The number of imidazole rings is 1. The number of hydrogen-bond donors (Lipinski definition) is 0. The zero-order valence-corrected chi connectivity index (χ0v) is 18.6. The molecule has 0 amide bonds. The van der Waals surface area contributed by atoms with E-state index in [9.17, 15) is 5.26 Å². The molecule has 1 aromatic carbocycles. The highest BCUT2D eigenvalue weighted by molar-refractivity contribution is 5.89. The Labute approximate surface area is 198 Å². The van der Waals surface area contributed by atoms with Crippen LogP contribution in [0.15, 0.2) is 73.4 Å². The summed E-state index contributed by atoms with van der Waals surface area (Å²) in [6.07, 6.45) is 32.3. The average molecular weight is 446 g/mol. The van der Waals surface area contributed by atoms with E-state index >= 15 is 0 Å². The predicted octanol–water partition coefficient (Wildman–Crippen LogP) is 5.71. The van der Waals surface area contributed by atoms with Gasteiger partial charge >= 0.3 is 0 Å². The standard InChI is InChI=1S/C28H23N5O/c29-19-32-11-10-31-8-6-25-16-30-20-33(25)9-5-21-1-2-23(13-21)18-34-12-7-26-24-4-3-22(14-24)15-27(26)28(32)17-31/h3-17,20-21H,1-2,18H2. The first-order valence-electron chi connectivity index (χ1n) is 11.4. The van der Waals surface area contributed by atoms with Gasteiger partial charge in [0.15, 0.2) is 6.19 Å². The molecule has 6 heteroatoms. The van der Waals surface area contributed by atoms with Gasteiger partial charge in [0.1, 0.15) is 6.61 Å². The van der Waals surface area contributed by atoms with Crippen LogP contribution >= 0.6 is 0 Å². The summed E-state index contributed by atoms with van der Waals surface area (Å²) in [5, 5.41) is 9.81. The number of aromatic nitrogens is 2. The number of nitriles is 1. The number of hydrogen-bond acceptors (Lipinski definition) is 5. The number of fused-ring (bicyclic) bond motifs is 8. The molecule has 0 saturated heterocycles. The maximum Gasteiger partial charge on any atom is 0.188 e. The summed E-state index contributed by atoms with van der Waals surface area (Å²) in [5.74, 6) is 0.401. The van der Waals surface area contributed by atoms with Crippen molar-refractivity contribution in [2.45, 2.75) is 12.8 Å². The van der Waals surface area contributed by atoms with Crippen LogP contribution in [0.25, 0.3) is 36.2 Å². The van der Waals surface area contributed by atoms with Gasteiger partial charge in [-0.05, 0) is 65.3 Å². The van der Waals surface area contributed by atoms with Crippen molar-refractivity contribution in [3.63, 3.8) is 0 Å². The molecule has 2 aliphatic carbocycles. The summed E-state index contributed by atoms with van der Waals surface area (Å²) in [5.41, 5.74) is 7.35. The van der Waals surface area contributed by atoms with Crippen molar-refractivity contribution in [2.24, 2.45) is 5.92 Å². The molecule has 6 rings (SSSR count). The topological polar surface area (TPSA) is 57.3 Å². The van der Waals surface area contributed by atoms with Gasteiger partial charge in [-0.1, -0.05) is 24.3 Å². The Morgan fingerprint density at radius 2 is 2.03 bits per heavy atom. The highest BCUT2D eigenvalue weighted by Crippen LogP contribution is 2.35. The predicted molar refractivity (Wildman–Crippen MR) is 134 cm³/mol. The number of rotatable bonds is 0. The minimum atomic E-state index is 0.401. The minimum Gasteiger partial charge on any atom is -0.497 e. The van der Waals surface area contributed by atoms with Gasteiger partial charge in [0.25, 0.3) is 0 Å². The van der Waals surface area contributed by atoms with E-state index in [1.165, 1.54) is 5.57 Å². The van der Waals surface area contributed by atoms with Crippen molar-refractivity contribution in [3.05, 3.63) is 101 Å². The molecule has 1 aromatic heterocycles. The third-order valence-electron chi connectivity index (χ3n) is 6.45. The van der Waals surface area contributed by atoms with Crippen molar-refractivity contribution in [3.8, 4) is 6.19 Å². The molecule has 0 fully saturated rings. The smallest absolute Gasteiger partial charge is 0.188 e. The molecule has 0 N–H and O–H groups in total. The molecule has 4 aliphatic rings. The Kier molecular flexibility index (Phi) is 5.00. The first kappa shape index (κ1) is 20.1. The lowest BCUT2D eigenvalue weighted by Crippen LogP contribution is -2.18. The number of nitrogens with zero attached hydrogens (tertiary/aromatic N) is 5. The molecule has 0 spiro atoms. The largest absolute Gasteiger partial charge is 0.497 e. The van der Waals surface area contributed by atoms with Crippen LogP contribution in [0, 0.1) is 17.4 Å². The first-order chi connectivity index (χ1) is 16.8. The third-order valence-corrected chi connectivity index (χ3v) is 6.45. The molecule has 166 valence electrons. The molecule has 6 nitrogen and oxygen atoms in total. The maximum absolute atomic E-state index is 9.81. The summed E-state index contributed by atoms with van der Waals surface area (Å²) in [7, 11) is 0. The second kappa shape index (κ2) is 8.45. The number of benzene rings is 1. The van der Waals surface area contributed by atoms with Crippen LogP contribution < -0.4 is 0 Å². The summed E-state index contributed by atoms with van der Waals surface area (Å²) in [6, 6.07) is 4.27. The van der Waals surface area contributed by atoms with E-state index in [1.807, 2.05) is 52.7 Å². The van der Waals surface area contributed by atoms with Crippen molar-refractivity contribution in [2.75, 3.05) is 6.61 Å². The van der Waals surface area contributed by atoms with Crippen LogP contribution in [-0.4, -0.2) is 26.0 Å². The van der Waals surface area contributed by atoms with Crippen LogP contribution in [0.5, 0.6) is 0 Å². The van der Waals surface area contributed by atoms with E-state index < -0.39 is 0 Å². The van der Waals surface area contributed by atoms with Crippen LogP contribution in [-0.2, 0) is 4.74 Å². The van der Waals surface area contributed by atoms with Gasteiger partial charge < -0.3 is 14.2 Å². The zero-order chi connectivity index (χ0) is 22.9. The molecule has 1 unspecified atom stereocenters. The molecule has 0 radical (unpaired) electrons. The Balaban J connectivity index is 1.45. The Bertz CT molecular complexity index is 1390. The summed E-state index contributed by atoms with van der Waals surface area (Å²) < 4.78 is 7.96. The van der Waals surface area contributed by atoms with Gasteiger partial charge in [0, 0.05) is 36.6 Å². The van der Waals surface area contributed by atoms with E-state index in [0.717, 1.165) is 46.5 Å². The fourth-order valence-corrected chi connectivity index (χ4v) is 4.67. The highest BCUT2D eigenvalue weighted by atomic mass is 16.5. The summed E-state index contributed by atoms with van der Waals surface area (Å²) in [4.78, 5) is 7.86. The van der Waals surface area contributed by atoms with E-state index in [-0.39, 0.29) is 0 Å². The van der Waals surface area contributed by atoms with Crippen LogP contribution in [0.1, 0.15) is 40.8 Å². The average Bonchev–Trinajstić information content (AvgIpc) is 3.60. The van der Waals surface area contributed by atoms with Gasteiger partial charge in [-0.25, -0.2) is 4.98 Å². The van der Waals surface area contributed by atoms with Gasteiger partial charge in [0.2, 0.25) is 0 Å². The second-order valence-electron chi connectivity index (χ2n) is 8.66. The third kappa shape index (κ3) is 3.78. The van der Waals surface area contributed by atoms with Crippen molar-refractivity contribution in [1.82, 2.24) is 19.4 Å². The van der Waals surface area contributed by atoms with Crippen LogP contribution in [0.2, 0.25) is 0 Å². The lowest BCUT2D eigenvalue weighted by Gasteiger charge is -2.25. The van der Waals surface area contributed by atoms with Crippen molar-refractivity contribution >= 4 is 36.2 Å². The zero-order valence-electron chi connectivity index (χ0n) is 18.6. The highest BCUT2D eigenvalue weighted by Gasteiger charge is 2.21. The number of allylic oxidation sites excluding steroid dienone is 2. The van der Waals surface area contributed by atoms with Gasteiger partial charge in [0.05, 0.1) is 30.2 Å². The fourth-order valence-electron chi connectivity index (χ4n) is 4.67. The number of ether oxygens (including phenoxy) is 1. The lowest BCUT2D eigenvalue weighted by molar-refractivity contribution is 0.281. The summed E-state index contributed by atoms with van der Waals surface area (Å²) in [6.45, 7) is 0.585. The molecular formula is C28H23N5O. The monoisotopic (exact) mass is 445 g/mol. The summed E-state index contributed by atoms with van der Waals surface area (Å²) >= 11 is 0. The maximum atomic E-state index is 9.81. The molecule has 2 aliphatic heterocycles. The molecule has 0 saturated carbocycles. The molecule has 1 atom stereocenters. The van der Waals surface area contributed by atoms with Crippen molar-refractivity contribution in [1.29, 1.82) is 5.26 Å². The Morgan fingerprint density at radius 3 is 2.97 bits per heavy atom. The van der Waals surface area contributed by atoms with E-state index in [4.69, 9.17) is 4.74 Å². The van der Waals surface area contributed by atoms with Crippen LogP contribution in [0.3, 0.4) is 0 Å². The molecule has 2 aromatic rings. The lowest BCUT2D eigenvalue weighted by atomic mass is 9.98. The SMILES string of the molecule is N#CN1C=CN2C=Cc3cncn3C=CC3C=C(CC3)COC=Cc3c4cc(cc3C1=C2)C=C4. The Hall–Kier alpha value is -4.50. The van der Waals surface area contributed by atoms with E-state index in [1.54, 1.807) is 17.4 Å². The molecular weight excluding hydrogens is 422 g/mol. The van der Waals surface area contributed by atoms with Gasteiger partial charge in [-0.2, -0.15) is 5.26 Å². The quantitative estimate of drug-likeness (QED) is 0.327. The minimum absolute atomic E-state index is 0.401. The first-order valence-corrected chi connectivity index (χ1v) is 11.4.